The monoisotopic (exact) mass is 255 g/mol. The van der Waals surface area contributed by atoms with Gasteiger partial charge in [-0.05, 0) is 68.3 Å². The van der Waals surface area contributed by atoms with Crippen LogP contribution in [0.2, 0.25) is 0 Å². The SMILES string of the molecule is CNCc1ccc(C)c(Oc2ccc(C)c(C)c2)c1. The lowest BCUT2D eigenvalue weighted by Crippen LogP contribution is -2.05. The highest BCUT2D eigenvalue weighted by Gasteiger charge is 2.04. The first-order valence-corrected chi connectivity index (χ1v) is 6.59. The van der Waals surface area contributed by atoms with Gasteiger partial charge in [0.15, 0.2) is 0 Å². The maximum absolute atomic E-state index is 6.00. The zero-order chi connectivity index (χ0) is 13.8. The van der Waals surface area contributed by atoms with E-state index in [1.807, 2.05) is 13.1 Å². The van der Waals surface area contributed by atoms with Crippen molar-refractivity contribution in [3.05, 3.63) is 58.7 Å². The molecule has 0 saturated heterocycles. The fourth-order valence-electron chi connectivity index (χ4n) is 1.97. The Labute approximate surface area is 115 Å². The van der Waals surface area contributed by atoms with Crippen molar-refractivity contribution in [2.24, 2.45) is 0 Å². The summed E-state index contributed by atoms with van der Waals surface area (Å²) >= 11 is 0. The third-order valence-corrected chi connectivity index (χ3v) is 3.34. The third-order valence-electron chi connectivity index (χ3n) is 3.34. The lowest BCUT2D eigenvalue weighted by molar-refractivity contribution is 0.477. The standard InChI is InChI=1S/C17H21NO/c1-12-6-8-16(9-14(12)3)19-17-10-15(11-18-4)7-5-13(17)2/h5-10,18H,11H2,1-4H3. The van der Waals surface area contributed by atoms with Crippen molar-refractivity contribution >= 4 is 0 Å². The molecule has 2 aromatic rings. The molecule has 0 aromatic heterocycles. The Bertz CT molecular complexity index is 575. The minimum Gasteiger partial charge on any atom is -0.457 e. The maximum atomic E-state index is 6.00. The number of hydrogen-bond acceptors (Lipinski definition) is 2. The van der Waals surface area contributed by atoms with Crippen LogP contribution in [-0.4, -0.2) is 7.05 Å². The Kier molecular flexibility index (Phi) is 4.23. The smallest absolute Gasteiger partial charge is 0.130 e. The van der Waals surface area contributed by atoms with E-state index in [4.69, 9.17) is 4.74 Å². The Morgan fingerprint density at radius 3 is 2.32 bits per heavy atom. The molecule has 0 spiro atoms. The van der Waals surface area contributed by atoms with Gasteiger partial charge in [-0.25, -0.2) is 0 Å². The van der Waals surface area contributed by atoms with Crippen molar-refractivity contribution in [1.29, 1.82) is 0 Å². The Hall–Kier alpha value is -1.80. The molecule has 100 valence electrons. The van der Waals surface area contributed by atoms with Crippen LogP contribution in [0.5, 0.6) is 11.5 Å². The van der Waals surface area contributed by atoms with Crippen LogP contribution in [0.15, 0.2) is 36.4 Å². The predicted octanol–water partition coefficient (Wildman–Crippen LogP) is 4.12. The fraction of sp³-hybridized carbons (Fsp3) is 0.294. The van der Waals surface area contributed by atoms with Gasteiger partial charge in [0, 0.05) is 6.54 Å². The molecule has 2 nitrogen and oxygen atoms in total. The Morgan fingerprint density at radius 1 is 0.895 bits per heavy atom. The Morgan fingerprint density at radius 2 is 1.63 bits per heavy atom. The van der Waals surface area contributed by atoms with E-state index in [-0.39, 0.29) is 0 Å². The highest BCUT2D eigenvalue weighted by atomic mass is 16.5. The number of ether oxygens (including phenoxy) is 1. The van der Waals surface area contributed by atoms with Crippen molar-refractivity contribution < 1.29 is 4.74 Å². The summed E-state index contributed by atoms with van der Waals surface area (Å²) in [6.45, 7) is 7.13. The second kappa shape index (κ2) is 5.89. The van der Waals surface area contributed by atoms with Crippen LogP contribution < -0.4 is 10.1 Å². The van der Waals surface area contributed by atoms with Gasteiger partial charge in [-0.3, -0.25) is 0 Å². The van der Waals surface area contributed by atoms with Crippen molar-refractivity contribution in [2.45, 2.75) is 27.3 Å². The molecule has 2 rings (SSSR count). The van der Waals surface area contributed by atoms with Gasteiger partial charge in [0.1, 0.15) is 11.5 Å². The second-order valence-corrected chi connectivity index (χ2v) is 4.98. The van der Waals surface area contributed by atoms with E-state index in [1.54, 1.807) is 0 Å². The summed E-state index contributed by atoms with van der Waals surface area (Å²) in [5.74, 6) is 1.82. The average molecular weight is 255 g/mol. The van der Waals surface area contributed by atoms with E-state index >= 15 is 0 Å². The summed E-state index contributed by atoms with van der Waals surface area (Å²) in [6.07, 6.45) is 0. The normalized spacial score (nSPS) is 10.5. The van der Waals surface area contributed by atoms with Crippen LogP contribution in [0.1, 0.15) is 22.3 Å². The van der Waals surface area contributed by atoms with Gasteiger partial charge in [-0.1, -0.05) is 18.2 Å². The van der Waals surface area contributed by atoms with Crippen LogP contribution in [0.4, 0.5) is 0 Å². The minimum absolute atomic E-state index is 0.851. The van der Waals surface area contributed by atoms with E-state index in [9.17, 15) is 0 Å². The summed E-state index contributed by atoms with van der Waals surface area (Å²) < 4.78 is 6.00. The molecule has 0 amide bonds. The molecule has 0 saturated carbocycles. The zero-order valence-corrected chi connectivity index (χ0v) is 12.1. The van der Waals surface area contributed by atoms with E-state index in [0.29, 0.717) is 0 Å². The van der Waals surface area contributed by atoms with Crippen LogP contribution in [0.3, 0.4) is 0 Å². The van der Waals surface area contributed by atoms with Crippen LogP contribution in [-0.2, 0) is 6.54 Å². The number of aryl methyl sites for hydroxylation is 3. The lowest BCUT2D eigenvalue weighted by atomic mass is 10.1. The Balaban J connectivity index is 2.26. The van der Waals surface area contributed by atoms with Gasteiger partial charge in [-0.15, -0.1) is 0 Å². The molecule has 1 N–H and O–H groups in total. The van der Waals surface area contributed by atoms with Crippen molar-refractivity contribution in [3.8, 4) is 11.5 Å². The van der Waals surface area contributed by atoms with E-state index in [0.717, 1.165) is 23.6 Å². The summed E-state index contributed by atoms with van der Waals surface area (Å²) in [6, 6.07) is 12.5. The first-order valence-electron chi connectivity index (χ1n) is 6.59. The zero-order valence-electron chi connectivity index (χ0n) is 12.1. The van der Waals surface area contributed by atoms with Crippen molar-refractivity contribution in [2.75, 3.05) is 7.05 Å². The summed E-state index contributed by atoms with van der Waals surface area (Å²) in [7, 11) is 1.95. The summed E-state index contributed by atoms with van der Waals surface area (Å²) in [5, 5.41) is 3.16. The molecule has 19 heavy (non-hydrogen) atoms. The molecule has 0 bridgehead atoms. The molecule has 0 aliphatic carbocycles. The summed E-state index contributed by atoms with van der Waals surface area (Å²) in [4.78, 5) is 0. The molecule has 0 fully saturated rings. The number of rotatable bonds is 4. The quantitative estimate of drug-likeness (QED) is 0.887. The van der Waals surface area contributed by atoms with Gasteiger partial charge in [0.25, 0.3) is 0 Å². The van der Waals surface area contributed by atoms with Crippen LogP contribution >= 0.6 is 0 Å². The molecule has 0 radical (unpaired) electrons. The largest absolute Gasteiger partial charge is 0.457 e. The summed E-state index contributed by atoms with van der Waals surface area (Å²) in [5.41, 5.74) is 4.92. The van der Waals surface area contributed by atoms with Crippen molar-refractivity contribution in [3.63, 3.8) is 0 Å². The number of nitrogens with one attached hydrogen (secondary N) is 1. The molecular weight excluding hydrogens is 234 g/mol. The molecule has 0 aliphatic heterocycles. The molecule has 0 atom stereocenters. The second-order valence-electron chi connectivity index (χ2n) is 4.98. The average Bonchev–Trinajstić information content (AvgIpc) is 2.38. The predicted molar refractivity (Wildman–Crippen MR) is 79.9 cm³/mol. The number of benzene rings is 2. The lowest BCUT2D eigenvalue weighted by Gasteiger charge is -2.12. The van der Waals surface area contributed by atoms with Crippen LogP contribution in [0.25, 0.3) is 0 Å². The molecule has 0 unspecified atom stereocenters. The van der Waals surface area contributed by atoms with Crippen LogP contribution in [0, 0.1) is 20.8 Å². The van der Waals surface area contributed by atoms with Gasteiger partial charge >= 0.3 is 0 Å². The topological polar surface area (TPSA) is 21.3 Å². The number of hydrogen-bond donors (Lipinski definition) is 1. The van der Waals surface area contributed by atoms with Gasteiger partial charge in [0.05, 0.1) is 0 Å². The fourth-order valence-corrected chi connectivity index (χ4v) is 1.97. The maximum Gasteiger partial charge on any atom is 0.130 e. The van der Waals surface area contributed by atoms with E-state index in [2.05, 4.69) is 56.4 Å². The van der Waals surface area contributed by atoms with E-state index in [1.165, 1.54) is 16.7 Å². The van der Waals surface area contributed by atoms with Crippen molar-refractivity contribution in [1.82, 2.24) is 5.32 Å². The molecule has 2 heteroatoms. The van der Waals surface area contributed by atoms with Gasteiger partial charge in [-0.2, -0.15) is 0 Å². The molecular formula is C17H21NO. The van der Waals surface area contributed by atoms with Gasteiger partial charge in [0.2, 0.25) is 0 Å². The first kappa shape index (κ1) is 13.6. The first-order chi connectivity index (χ1) is 9.10. The van der Waals surface area contributed by atoms with Gasteiger partial charge < -0.3 is 10.1 Å². The minimum atomic E-state index is 0.851. The highest BCUT2D eigenvalue weighted by molar-refractivity contribution is 5.42. The molecule has 0 aliphatic rings. The third kappa shape index (κ3) is 3.36. The molecule has 0 heterocycles. The highest BCUT2D eigenvalue weighted by Crippen LogP contribution is 2.27. The molecule has 2 aromatic carbocycles. The van der Waals surface area contributed by atoms with E-state index < -0.39 is 0 Å².